The van der Waals surface area contributed by atoms with E-state index in [1.165, 1.54) is 16.7 Å². The Morgan fingerprint density at radius 3 is 2.58 bits per heavy atom. The Morgan fingerprint density at radius 2 is 2.08 bits per heavy atom. The molecule has 0 aliphatic carbocycles. The minimum absolute atomic E-state index is 0.992. The molecule has 12 heavy (non-hydrogen) atoms. The molecular formula is C12H17. The zero-order valence-corrected chi connectivity index (χ0v) is 8.06. The van der Waals surface area contributed by atoms with Crippen LogP contribution in [0.25, 0.3) is 0 Å². The van der Waals surface area contributed by atoms with Gasteiger partial charge in [-0.2, -0.15) is 0 Å². The molecule has 0 bridgehead atoms. The Hall–Kier alpha value is -0.780. The summed E-state index contributed by atoms with van der Waals surface area (Å²) in [6.07, 6.45) is 3.23. The van der Waals surface area contributed by atoms with Gasteiger partial charge in [0, 0.05) is 0 Å². The van der Waals surface area contributed by atoms with Crippen molar-refractivity contribution in [1.29, 1.82) is 0 Å². The molecule has 0 heteroatoms. The molecule has 0 saturated carbocycles. The first-order valence-electron chi connectivity index (χ1n) is 4.65. The van der Waals surface area contributed by atoms with Crippen molar-refractivity contribution in [2.24, 2.45) is 0 Å². The lowest BCUT2D eigenvalue weighted by Gasteiger charge is -2.05. The average Bonchev–Trinajstić information content (AvgIpc) is 2.09. The van der Waals surface area contributed by atoms with Crippen LogP contribution in [-0.4, -0.2) is 0 Å². The van der Waals surface area contributed by atoms with Crippen LogP contribution in [0.2, 0.25) is 0 Å². The maximum atomic E-state index is 3.86. The molecule has 0 saturated heterocycles. The Balaban J connectivity index is 2.87. The predicted octanol–water partition coefficient (Wildman–Crippen LogP) is 3.32. The zero-order chi connectivity index (χ0) is 8.97. The van der Waals surface area contributed by atoms with Crippen LogP contribution in [-0.2, 0) is 12.8 Å². The van der Waals surface area contributed by atoms with Gasteiger partial charge >= 0.3 is 0 Å². The van der Waals surface area contributed by atoms with E-state index < -0.39 is 0 Å². The third-order valence-corrected chi connectivity index (χ3v) is 2.26. The lowest BCUT2D eigenvalue weighted by atomic mass is 10.0. The summed E-state index contributed by atoms with van der Waals surface area (Å²) in [5.41, 5.74) is 4.29. The van der Waals surface area contributed by atoms with Crippen molar-refractivity contribution < 1.29 is 0 Å². The lowest BCUT2D eigenvalue weighted by Crippen LogP contribution is -1.90. The molecule has 1 aromatic carbocycles. The van der Waals surface area contributed by atoms with Gasteiger partial charge in [0.1, 0.15) is 0 Å². The summed E-state index contributed by atoms with van der Waals surface area (Å²) < 4.78 is 0. The van der Waals surface area contributed by atoms with E-state index in [0.29, 0.717) is 0 Å². The van der Waals surface area contributed by atoms with E-state index in [1.54, 1.807) is 0 Å². The first kappa shape index (κ1) is 9.31. The van der Waals surface area contributed by atoms with Gasteiger partial charge in [-0.15, -0.1) is 0 Å². The number of rotatable bonds is 3. The van der Waals surface area contributed by atoms with Gasteiger partial charge in [-0.05, 0) is 42.9 Å². The van der Waals surface area contributed by atoms with Crippen LogP contribution >= 0.6 is 0 Å². The molecule has 0 amide bonds. The van der Waals surface area contributed by atoms with Gasteiger partial charge in [-0.1, -0.05) is 32.0 Å². The van der Waals surface area contributed by atoms with E-state index in [2.05, 4.69) is 39.0 Å². The van der Waals surface area contributed by atoms with Gasteiger partial charge in [0.25, 0.3) is 0 Å². The van der Waals surface area contributed by atoms with Gasteiger partial charge in [0.05, 0.1) is 0 Å². The van der Waals surface area contributed by atoms with Crippen molar-refractivity contribution in [3.8, 4) is 0 Å². The van der Waals surface area contributed by atoms with Gasteiger partial charge in [-0.25, -0.2) is 0 Å². The number of aryl methyl sites for hydroxylation is 3. The zero-order valence-electron chi connectivity index (χ0n) is 8.06. The van der Waals surface area contributed by atoms with Crippen molar-refractivity contribution in [2.75, 3.05) is 0 Å². The minimum atomic E-state index is 0.992. The Bertz CT molecular complexity index is 248. The summed E-state index contributed by atoms with van der Waals surface area (Å²) in [6, 6.07) is 6.74. The molecule has 0 nitrogen and oxygen atoms in total. The van der Waals surface area contributed by atoms with Gasteiger partial charge < -0.3 is 0 Å². The smallest absolute Gasteiger partial charge is 0.0276 e. The van der Waals surface area contributed by atoms with Crippen LogP contribution < -0.4 is 0 Å². The fourth-order valence-corrected chi connectivity index (χ4v) is 1.45. The van der Waals surface area contributed by atoms with E-state index in [1.807, 2.05) is 0 Å². The molecule has 0 fully saturated rings. The molecule has 0 spiro atoms. The van der Waals surface area contributed by atoms with E-state index >= 15 is 0 Å². The van der Waals surface area contributed by atoms with Gasteiger partial charge in [-0.3, -0.25) is 0 Å². The summed E-state index contributed by atoms with van der Waals surface area (Å²) in [6.45, 7) is 8.24. The van der Waals surface area contributed by atoms with E-state index in [9.17, 15) is 0 Å². The highest BCUT2D eigenvalue weighted by Gasteiger charge is 1.97. The first-order valence-corrected chi connectivity index (χ1v) is 4.65. The number of hydrogen-bond acceptors (Lipinski definition) is 0. The Morgan fingerprint density at radius 1 is 1.33 bits per heavy atom. The largest absolute Gasteiger partial charge is 0.0613 e. The SMILES string of the molecule is [CH2]CCc1ccc(CC)cc1C. The maximum absolute atomic E-state index is 3.86. The molecule has 0 aliphatic heterocycles. The highest BCUT2D eigenvalue weighted by molar-refractivity contribution is 5.31. The molecule has 65 valence electrons. The molecular weight excluding hydrogens is 144 g/mol. The van der Waals surface area contributed by atoms with Crippen molar-refractivity contribution in [3.05, 3.63) is 41.8 Å². The maximum Gasteiger partial charge on any atom is -0.0276 e. The van der Waals surface area contributed by atoms with Crippen LogP contribution in [0, 0.1) is 13.8 Å². The minimum Gasteiger partial charge on any atom is -0.0613 e. The standard InChI is InChI=1S/C12H17/c1-4-6-12-8-7-11(5-2)9-10(12)3/h7-9H,1,4-6H2,2-3H3. The normalized spacial score (nSPS) is 10.2. The van der Waals surface area contributed by atoms with E-state index in [-0.39, 0.29) is 0 Å². The molecule has 0 aliphatic rings. The fourth-order valence-electron chi connectivity index (χ4n) is 1.45. The van der Waals surface area contributed by atoms with Crippen LogP contribution in [0.5, 0.6) is 0 Å². The molecule has 0 N–H and O–H groups in total. The van der Waals surface area contributed by atoms with Crippen LogP contribution in [0.1, 0.15) is 30.0 Å². The first-order chi connectivity index (χ1) is 5.77. The second-order valence-corrected chi connectivity index (χ2v) is 3.22. The third-order valence-electron chi connectivity index (χ3n) is 2.26. The average molecular weight is 161 g/mol. The molecule has 1 radical (unpaired) electrons. The lowest BCUT2D eigenvalue weighted by molar-refractivity contribution is 0.978. The Labute approximate surface area is 75.6 Å². The van der Waals surface area contributed by atoms with E-state index in [4.69, 9.17) is 0 Å². The molecule has 1 aromatic rings. The molecule has 0 heterocycles. The number of hydrogen-bond donors (Lipinski definition) is 0. The van der Waals surface area contributed by atoms with Crippen molar-refractivity contribution in [3.63, 3.8) is 0 Å². The summed E-state index contributed by atoms with van der Waals surface area (Å²) in [7, 11) is 0. The summed E-state index contributed by atoms with van der Waals surface area (Å²) >= 11 is 0. The monoisotopic (exact) mass is 161 g/mol. The second kappa shape index (κ2) is 4.30. The van der Waals surface area contributed by atoms with Crippen LogP contribution in [0.3, 0.4) is 0 Å². The molecule has 0 aromatic heterocycles. The van der Waals surface area contributed by atoms with Crippen molar-refractivity contribution in [2.45, 2.75) is 33.1 Å². The topological polar surface area (TPSA) is 0 Å². The van der Waals surface area contributed by atoms with Gasteiger partial charge in [0.2, 0.25) is 0 Å². The Kier molecular flexibility index (Phi) is 3.33. The highest BCUT2D eigenvalue weighted by Crippen LogP contribution is 2.13. The van der Waals surface area contributed by atoms with E-state index in [0.717, 1.165) is 19.3 Å². The summed E-state index contributed by atoms with van der Waals surface area (Å²) in [5.74, 6) is 0. The fraction of sp³-hybridized carbons (Fsp3) is 0.417. The van der Waals surface area contributed by atoms with Gasteiger partial charge in [0.15, 0.2) is 0 Å². The van der Waals surface area contributed by atoms with Crippen molar-refractivity contribution >= 4 is 0 Å². The third kappa shape index (κ3) is 2.10. The van der Waals surface area contributed by atoms with Crippen LogP contribution in [0.15, 0.2) is 18.2 Å². The highest BCUT2D eigenvalue weighted by atomic mass is 14.0. The second-order valence-electron chi connectivity index (χ2n) is 3.22. The molecule has 1 rings (SSSR count). The quantitative estimate of drug-likeness (QED) is 0.638. The molecule has 0 atom stereocenters. The number of benzene rings is 1. The summed E-state index contributed by atoms with van der Waals surface area (Å²) in [4.78, 5) is 0. The molecule has 0 unspecified atom stereocenters. The summed E-state index contributed by atoms with van der Waals surface area (Å²) in [5, 5.41) is 0. The van der Waals surface area contributed by atoms with Crippen LogP contribution in [0.4, 0.5) is 0 Å². The van der Waals surface area contributed by atoms with Crippen molar-refractivity contribution in [1.82, 2.24) is 0 Å². The predicted molar refractivity (Wildman–Crippen MR) is 54.2 cm³/mol.